The highest BCUT2D eigenvalue weighted by Gasteiger charge is 2.25. The van der Waals surface area contributed by atoms with Crippen molar-refractivity contribution in [3.8, 4) is 5.75 Å². The fraction of sp³-hybridized carbons (Fsp3) is 0.364. The van der Waals surface area contributed by atoms with Crippen LogP contribution in [0.25, 0.3) is 10.9 Å². The maximum absolute atomic E-state index is 13.2. The number of aryl methyl sites for hydroxylation is 1. The number of hydrogen-bond acceptors (Lipinski definition) is 5. The number of hydrogen-bond donors (Lipinski definition) is 1. The maximum Gasteiger partial charge on any atom is 0.328 e. The zero-order valence-electron chi connectivity index (χ0n) is 17.2. The average molecular weight is 393 g/mol. The van der Waals surface area contributed by atoms with Crippen molar-refractivity contribution in [2.75, 3.05) is 50.1 Å². The normalized spacial score (nSPS) is 14.3. The Balaban J connectivity index is 1.52. The quantitative estimate of drug-likeness (QED) is 0.734. The second-order valence-corrected chi connectivity index (χ2v) is 7.18. The molecule has 3 aromatic rings. The van der Waals surface area contributed by atoms with Gasteiger partial charge in [-0.3, -0.25) is 4.57 Å². The molecule has 1 aliphatic heterocycles. The van der Waals surface area contributed by atoms with Crippen molar-refractivity contribution in [1.29, 1.82) is 0 Å². The monoisotopic (exact) mass is 393 g/mol. The lowest BCUT2D eigenvalue weighted by atomic mass is 10.1. The zero-order valence-corrected chi connectivity index (χ0v) is 17.2. The number of anilines is 2. The number of ether oxygens (including phenoxy) is 1. The zero-order chi connectivity index (χ0) is 20.4. The Morgan fingerprint density at radius 3 is 2.69 bits per heavy atom. The summed E-state index contributed by atoms with van der Waals surface area (Å²) in [6.07, 6.45) is 3.67. The molecule has 29 heavy (non-hydrogen) atoms. The molecule has 0 radical (unpaired) electrons. The van der Waals surface area contributed by atoms with Crippen molar-refractivity contribution in [2.24, 2.45) is 0 Å². The average Bonchev–Trinajstić information content (AvgIpc) is 3.19. The van der Waals surface area contributed by atoms with Crippen LogP contribution in [-0.2, 0) is 0 Å². The van der Waals surface area contributed by atoms with Gasteiger partial charge in [-0.2, -0.15) is 0 Å². The smallest absolute Gasteiger partial charge is 0.328 e. The maximum atomic E-state index is 13.2. The molecule has 0 aliphatic carbocycles. The molecular weight excluding hydrogens is 366 g/mol. The molecule has 0 unspecified atom stereocenters. The summed E-state index contributed by atoms with van der Waals surface area (Å²) in [7, 11) is 1.65. The first-order valence-electron chi connectivity index (χ1n) is 10.0. The highest BCUT2D eigenvalue weighted by Crippen LogP contribution is 2.29. The van der Waals surface area contributed by atoms with Gasteiger partial charge in [0, 0.05) is 56.1 Å². The molecule has 1 aliphatic rings. The molecule has 2 aromatic heterocycles. The van der Waals surface area contributed by atoms with E-state index in [1.54, 1.807) is 11.7 Å². The molecule has 0 saturated carbocycles. The highest BCUT2D eigenvalue weighted by molar-refractivity contribution is 5.94. The predicted octanol–water partition coefficient (Wildman–Crippen LogP) is 3.58. The molecule has 152 valence electrons. The van der Waals surface area contributed by atoms with Crippen LogP contribution in [0.15, 0.2) is 42.7 Å². The molecule has 1 amide bonds. The van der Waals surface area contributed by atoms with Crippen molar-refractivity contribution in [1.82, 2.24) is 14.5 Å². The largest absolute Gasteiger partial charge is 0.496 e. The number of pyridine rings is 1. The van der Waals surface area contributed by atoms with E-state index in [0.717, 1.165) is 53.4 Å². The standard InChI is InChI=1S/C22H27N5O2/c1-4-23-18-6-5-10-24-21(18)25-12-14-26(15-13-25)22(28)27-11-9-17-7-8-19(29-3)16(2)20(17)27/h5-11,23H,4,12-15H2,1-3H3. The molecule has 0 atom stereocenters. The van der Waals surface area contributed by atoms with E-state index in [1.165, 1.54) is 0 Å². The summed E-state index contributed by atoms with van der Waals surface area (Å²) in [4.78, 5) is 21.9. The fourth-order valence-electron chi connectivity index (χ4n) is 4.01. The molecule has 0 spiro atoms. The van der Waals surface area contributed by atoms with Crippen LogP contribution in [0.4, 0.5) is 16.3 Å². The summed E-state index contributed by atoms with van der Waals surface area (Å²) in [6.45, 7) is 7.73. The number of methoxy groups -OCH3 is 1. The van der Waals surface area contributed by atoms with E-state index in [9.17, 15) is 4.79 Å². The number of rotatable bonds is 4. The van der Waals surface area contributed by atoms with Crippen molar-refractivity contribution in [3.63, 3.8) is 0 Å². The van der Waals surface area contributed by atoms with Crippen LogP contribution < -0.4 is 15.0 Å². The first-order chi connectivity index (χ1) is 14.1. The Bertz CT molecular complexity index is 1020. The number of nitrogens with zero attached hydrogens (tertiary/aromatic N) is 4. The third kappa shape index (κ3) is 3.48. The van der Waals surface area contributed by atoms with Gasteiger partial charge in [-0.25, -0.2) is 9.78 Å². The molecule has 1 aromatic carbocycles. The van der Waals surface area contributed by atoms with E-state index < -0.39 is 0 Å². The van der Waals surface area contributed by atoms with Gasteiger partial charge in [0.1, 0.15) is 5.75 Å². The Kier molecular flexibility index (Phi) is 5.29. The van der Waals surface area contributed by atoms with Gasteiger partial charge in [-0.1, -0.05) is 0 Å². The first kappa shape index (κ1) is 19.1. The first-order valence-corrected chi connectivity index (χ1v) is 10.0. The summed E-state index contributed by atoms with van der Waals surface area (Å²) in [5.74, 6) is 1.75. The SMILES string of the molecule is CCNc1cccnc1N1CCN(C(=O)n2ccc3ccc(OC)c(C)c32)CC1. The third-order valence-electron chi connectivity index (χ3n) is 5.49. The second kappa shape index (κ2) is 8.03. The van der Waals surface area contributed by atoms with Crippen LogP contribution in [0.3, 0.4) is 0 Å². The summed E-state index contributed by atoms with van der Waals surface area (Å²) < 4.78 is 7.18. The molecule has 7 nitrogen and oxygen atoms in total. The van der Waals surface area contributed by atoms with Crippen LogP contribution in [0, 0.1) is 6.92 Å². The van der Waals surface area contributed by atoms with Gasteiger partial charge in [0.05, 0.1) is 18.3 Å². The minimum absolute atomic E-state index is 0.00364. The molecule has 7 heteroatoms. The van der Waals surface area contributed by atoms with E-state index in [4.69, 9.17) is 4.74 Å². The van der Waals surface area contributed by atoms with Crippen molar-refractivity contribution in [3.05, 3.63) is 48.3 Å². The van der Waals surface area contributed by atoms with Gasteiger partial charge in [0.2, 0.25) is 0 Å². The summed E-state index contributed by atoms with van der Waals surface area (Å²) >= 11 is 0. The number of nitrogens with one attached hydrogen (secondary N) is 1. The highest BCUT2D eigenvalue weighted by atomic mass is 16.5. The minimum Gasteiger partial charge on any atom is -0.496 e. The summed E-state index contributed by atoms with van der Waals surface area (Å²) in [6, 6.07) is 9.91. The lowest BCUT2D eigenvalue weighted by Crippen LogP contribution is -2.50. The predicted molar refractivity (Wildman–Crippen MR) is 116 cm³/mol. The van der Waals surface area contributed by atoms with Crippen molar-refractivity contribution in [2.45, 2.75) is 13.8 Å². The molecule has 3 heterocycles. The number of benzene rings is 1. The summed E-state index contributed by atoms with van der Waals surface area (Å²) in [5, 5.41) is 4.41. The van der Waals surface area contributed by atoms with Crippen LogP contribution in [0.1, 0.15) is 12.5 Å². The molecule has 1 fully saturated rings. The number of piperazine rings is 1. The van der Waals surface area contributed by atoms with Gasteiger partial charge in [-0.05, 0) is 44.2 Å². The number of carbonyl (C=O) groups is 1. The van der Waals surface area contributed by atoms with Gasteiger partial charge in [0.15, 0.2) is 5.82 Å². The minimum atomic E-state index is 0.00364. The topological polar surface area (TPSA) is 62.6 Å². The van der Waals surface area contributed by atoms with Gasteiger partial charge in [-0.15, -0.1) is 0 Å². The lowest BCUT2D eigenvalue weighted by Gasteiger charge is -2.36. The number of amides is 1. The number of aromatic nitrogens is 2. The van der Waals surface area contributed by atoms with Crippen LogP contribution in [-0.4, -0.2) is 60.3 Å². The number of carbonyl (C=O) groups excluding carboxylic acids is 1. The van der Waals surface area contributed by atoms with E-state index in [2.05, 4.69) is 22.1 Å². The second-order valence-electron chi connectivity index (χ2n) is 7.18. The molecule has 0 bridgehead atoms. The molecule has 1 N–H and O–H groups in total. The Hall–Kier alpha value is -3.22. The Morgan fingerprint density at radius 2 is 1.97 bits per heavy atom. The van der Waals surface area contributed by atoms with E-state index in [0.29, 0.717) is 13.1 Å². The van der Waals surface area contributed by atoms with Crippen molar-refractivity contribution >= 4 is 28.4 Å². The molecule has 1 saturated heterocycles. The Labute approximate surface area is 170 Å². The Morgan fingerprint density at radius 1 is 1.17 bits per heavy atom. The van der Waals surface area contributed by atoms with E-state index in [1.807, 2.05) is 54.5 Å². The fourth-order valence-corrected chi connectivity index (χ4v) is 4.01. The van der Waals surface area contributed by atoms with E-state index >= 15 is 0 Å². The van der Waals surface area contributed by atoms with E-state index in [-0.39, 0.29) is 6.03 Å². The van der Waals surface area contributed by atoms with Gasteiger partial charge in [0.25, 0.3) is 0 Å². The third-order valence-corrected chi connectivity index (χ3v) is 5.49. The van der Waals surface area contributed by atoms with Crippen LogP contribution in [0.5, 0.6) is 5.75 Å². The summed E-state index contributed by atoms with van der Waals surface area (Å²) in [5.41, 5.74) is 2.93. The molecule has 4 rings (SSSR count). The van der Waals surface area contributed by atoms with Crippen molar-refractivity contribution < 1.29 is 9.53 Å². The van der Waals surface area contributed by atoms with Crippen LogP contribution >= 0.6 is 0 Å². The van der Waals surface area contributed by atoms with Gasteiger partial charge >= 0.3 is 6.03 Å². The molecular formula is C22H27N5O2. The van der Waals surface area contributed by atoms with Crippen LogP contribution in [0.2, 0.25) is 0 Å². The number of fused-ring (bicyclic) bond motifs is 1. The van der Waals surface area contributed by atoms with Gasteiger partial charge < -0.3 is 19.9 Å². The lowest BCUT2D eigenvalue weighted by molar-refractivity contribution is 0.197.